The molecule has 3 aromatic carbocycles. The minimum atomic E-state index is -0.781. The van der Waals surface area contributed by atoms with Crippen molar-refractivity contribution in [2.45, 2.75) is 26.6 Å². The number of hydrazine groups is 1. The number of rotatable bonds is 7. The molecule has 0 bridgehead atoms. The van der Waals surface area contributed by atoms with Gasteiger partial charge in [-0.05, 0) is 49.2 Å². The molecule has 154 valence electrons. The maximum atomic E-state index is 12.6. The van der Waals surface area contributed by atoms with Gasteiger partial charge in [-0.1, -0.05) is 54.6 Å². The molecule has 0 aromatic heterocycles. The predicted molar refractivity (Wildman–Crippen MR) is 114 cm³/mol. The van der Waals surface area contributed by atoms with Crippen molar-refractivity contribution in [2.75, 3.05) is 0 Å². The summed E-state index contributed by atoms with van der Waals surface area (Å²) < 4.78 is 11.4. The Morgan fingerprint density at radius 3 is 2.40 bits per heavy atom. The van der Waals surface area contributed by atoms with E-state index in [-0.39, 0.29) is 0 Å². The third-order valence-electron chi connectivity index (χ3n) is 4.34. The Balaban J connectivity index is 1.56. The van der Waals surface area contributed by atoms with Gasteiger partial charge in [-0.15, -0.1) is 0 Å². The summed E-state index contributed by atoms with van der Waals surface area (Å²) >= 11 is 0. The van der Waals surface area contributed by atoms with Crippen LogP contribution in [0.1, 0.15) is 28.4 Å². The first-order valence-corrected chi connectivity index (χ1v) is 9.62. The predicted octanol–water partition coefficient (Wildman–Crippen LogP) is 3.80. The molecule has 0 saturated heterocycles. The Morgan fingerprint density at radius 2 is 1.63 bits per heavy atom. The number of amides is 2. The molecule has 0 spiro atoms. The number of carbonyl (C=O) groups excluding carboxylic acids is 2. The van der Waals surface area contributed by atoms with Gasteiger partial charge in [-0.3, -0.25) is 20.4 Å². The summed E-state index contributed by atoms with van der Waals surface area (Å²) in [7, 11) is 0. The summed E-state index contributed by atoms with van der Waals surface area (Å²) in [6.07, 6.45) is -0.781. The van der Waals surface area contributed by atoms with Crippen LogP contribution in [0.15, 0.2) is 78.9 Å². The molecule has 0 heterocycles. The first-order valence-electron chi connectivity index (χ1n) is 9.62. The molecule has 2 amide bonds. The highest BCUT2D eigenvalue weighted by atomic mass is 16.5. The summed E-state index contributed by atoms with van der Waals surface area (Å²) in [6.45, 7) is 3.88. The van der Waals surface area contributed by atoms with E-state index < -0.39 is 17.9 Å². The minimum Gasteiger partial charge on any atom is -0.488 e. The second-order valence-corrected chi connectivity index (χ2v) is 6.79. The molecule has 0 aliphatic carbocycles. The lowest BCUT2D eigenvalue weighted by molar-refractivity contribution is -0.128. The average Bonchev–Trinajstić information content (AvgIpc) is 2.76. The molecular formula is C24H24N2O4. The monoisotopic (exact) mass is 404 g/mol. The van der Waals surface area contributed by atoms with Gasteiger partial charge in [0.1, 0.15) is 18.1 Å². The Labute approximate surface area is 175 Å². The number of benzene rings is 3. The van der Waals surface area contributed by atoms with Crippen LogP contribution in [0.5, 0.6) is 11.5 Å². The van der Waals surface area contributed by atoms with Crippen molar-refractivity contribution >= 4 is 11.8 Å². The van der Waals surface area contributed by atoms with Crippen LogP contribution >= 0.6 is 0 Å². The second-order valence-electron chi connectivity index (χ2n) is 6.79. The standard InChI is InChI=1S/C24H24N2O4/c1-17-9-8-12-20(15-17)30-18(2)23(27)25-26-24(28)21-13-6-7-14-22(21)29-16-19-10-4-3-5-11-19/h3-15,18H,16H2,1-2H3,(H,25,27)(H,26,28). The highest BCUT2D eigenvalue weighted by Gasteiger charge is 2.17. The van der Waals surface area contributed by atoms with E-state index in [2.05, 4.69) is 10.9 Å². The van der Waals surface area contributed by atoms with Crippen LogP contribution in [0.4, 0.5) is 0 Å². The third-order valence-corrected chi connectivity index (χ3v) is 4.34. The average molecular weight is 404 g/mol. The molecule has 0 aliphatic heterocycles. The maximum Gasteiger partial charge on any atom is 0.279 e. The Kier molecular flexibility index (Phi) is 7.05. The molecule has 6 nitrogen and oxygen atoms in total. The maximum absolute atomic E-state index is 12.6. The zero-order valence-electron chi connectivity index (χ0n) is 16.9. The van der Waals surface area contributed by atoms with Gasteiger partial charge >= 0.3 is 0 Å². The van der Waals surface area contributed by atoms with Crippen LogP contribution in [0, 0.1) is 6.92 Å². The van der Waals surface area contributed by atoms with Gasteiger partial charge in [-0.25, -0.2) is 0 Å². The first kappa shape index (κ1) is 20.9. The molecule has 2 N–H and O–H groups in total. The van der Waals surface area contributed by atoms with Crippen molar-refractivity contribution in [1.29, 1.82) is 0 Å². The van der Waals surface area contributed by atoms with E-state index >= 15 is 0 Å². The van der Waals surface area contributed by atoms with E-state index in [1.807, 2.05) is 55.5 Å². The highest BCUT2D eigenvalue weighted by Crippen LogP contribution is 2.19. The number of nitrogens with one attached hydrogen (secondary N) is 2. The summed E-state index contributed by atoms with van der Waals surface area (Å²) in [5.41, 5.74) is 7.15. The van der Waals surface area contributed by atoms with Gasteiger partial charge in [0.2, 0.25) is 0 Å². The van der Waals surface area contributed by atoms with Crippen LogP contribution in [0.3, 0.4) is 0 Å². The van der Waals surface area contributed by atoms with Crippen molar-refractivity contribution < 1.29 is 19.1 Å². The Hall–Kier alpha value is -3.80. The normalized spacial score (nSPS) is 11.3. The van der Waals surface area contributed by atoms with Crippen molar-refractivity contribution in [1.82, 2.24) is 10.9 Å². The second kappa shape index (κ2) is 10.1. The molecule has 0 radical (unpaired) electrons. The van der Waals surface area contributed by atoms with Crippen molar-refractivity contribution in [3.8, 4) is 11.5 Å². The van der Waals surface area contributed by atoms with Gasteiger partial charge in [0, 0.05) is 0 Å². The largest absolute Gasteiger partial charge is 0.488 e. The molecule has 1 atom stereocenters. The summed E-state index contributed by atoms with van der Waals surface area (Å²) in [5.74, 6) is 0.0723. The molecule has 30 heavy (non-hydrogen) atoms. The van der Waals surface area contributed by atoms with E-state index in [9.17, 15) is 9.59 Å². The molecular weight excluding hydrogens is 380 g/mol. The number of hydrogen-bond acceptors (Lipinski definition) is 4. The topological polar surface area (TPSA) is 76.7 Å². The summed E-state index contributed by atoms with van der Waals surface area (Å²) in [5, 5.41) is 0. The fourth-order valence-electron chi connectivity index (χ4n) is 2.75. The quantitative estimate of drug-likeness (QED) is 0.587. The van der Waals surface area contributed by atoms with Crippen LogP contribution in [-0.2, 0) is 11.4 Å². The van der Waals surface area contributed by atoms with Gasteiger partial charge < -0.3 is 9.47 Å². The Bertz CT molecular complexity index is 1000. The van der Waals surface area contributed by atoms with Gasteiger partial charge in [0.25, 0.3) is 11.8 Å². The minimum absolute atomic E-state index is 0.320. The molecule has 0 aliphatic rings. The lowest BCUT2D eigenvalue weighted by Crippen LogP contribution is -2.47. The van der Waals surface area contributed by atoms with Gasteiger partial charge in [0.15, 0.2) is 6.10 Å². The van der Waals surface area contributed by atoms with Crippen LogP contribution in [0.2, 0.25) is 0 Å². The lowest BCUT2D eigenvalue weighted by Gasteiger charge is -2.16. The zero-order chi connectivity index (χ0) is 21.3. The zero-order valence-corrected chi connectivity index (χ0v) is 16.9. The third kappa shape index (κ3) is 5.85. The molecule has 1 unspecified atom stereocenters. The van der Waals surface area contributed by atoms with Crippen molar-refractivity contribution in [2.24, 2.45) is 0 Å². The van der Waals surface area contributed by atoms with Crippen LogP contribution in [0.25, 0.3) is 0 Å². The van der Waals surface area contributed by atoms with Gasteiger partial charge in [0.05, 0.1) is 5.56 Å². The molecule has 0 fully saturated rings. The fraction of sp³-hybridized carbons (Fsp3) is 0.167. The Morgan fingerprint density at radius 1 is 0.900 bits per heavy atom. The smallest absolute Gasteiger partial charge is 0.279 e. The summed E-state index contributed by atoms with van der Waals surface area (Å²) in [4.78, 5) is 24.8. The number of para-hydroxylation sites is 1. The van der Waals surface area contributed by atoms with Gasteiger partial charge in [-0.2, -0.15) is 0 Å². The number of ether oxygens (including phenoxy) is 2. The SMILES string of the molecule is Cc1cccc(OC(C)C(=O)NNC(=O)c2ccccc2OCc2ccccc2)c1. The molecule has 3 rings (SSSR count). The first-order chi connectivity index (χ1) is 14.5. The number of carbonyl (C=O) groups is 2. The van der Waals surface area contributed by atoms with Crippen LogP contribution < -0.4 is 20.3 Å². The summed E-state index contributed by atoms with van der Waals surface area (Å²) in [6, 6.07) is 23.9. The van der Waals surface area contributed by atoms with E-state index in [0.717, 1.165) is 11.1 Å². The highest BCUT2D eigenvalue weighted by molar-refractivity contribution is 5.98. The fourth-order valence-corrected chi connectivity index (χ4v) is 2.75. The number of aryl methyl sites for hydroxylation is 1. The van der Waals surface area contributed by atoms with Crippen molar-refractivity contribution in [3.63, 3.8) is 0 Å². The molecule has 3 aromatic rings. The lowest BCUT2D eigenvalue weighted by atomic mass is 10.2. The van der Waals surface area contributed by atoms with E-state index in [1.165, 1.54) is 0 Å². The van der Waals surface area contributed by atoms with E-state index in [0.29, 0.717) is 23.7 Å². The van der Waals surface area contributed by atoms with Crippen LogP contribution in [-0.4, -0.2) is 17.9 Å². The molecule has 6 heteroatoms. The van der Waals surface area contributed by atoms with Crippen molar-refractivity contribution in [3.05, 3.63) is 95.6 Å². The number of hydrogen-bond donors (Lipinski definition) is 2. The van der Waals surface area contributed by atoms with E-state index in [1.54, 1.807) is 37.3 Å². The molecule has 0 saturated carbocycles. The van der Waals surface area contributed by atoms with E-state index in [4.69, 9.17) is 9.47 Å².